The molecule has 2 nitrogen and oxygen atoms in total. The molecule has 0 atom stereocenters. The van der Waals surface area contributed by atoms with Crippen LogP contribution in [0, 0.1) is 11.8 Å². The third-order valence-electron chi connectivity index (χ3n) is 5.75. The Morgan fingerprint density at radius 2 is 1.67 bits per heavy atom. The molecule has 0 bridgehead atoms. The van der Waals surface area contributed by atoms with Crippen molar-refractivity contribution in [1.29, 1.82) is 0 Å². The standard InChI is InChI=1S/C19H37NO/c1-3-6-17-9-12-19(13-10-17,16-20-14-4-2)21-15-11-18-7-5-8-18/h17-18,20H,3-16H2,1-2H3. The maximum Gasteiger partial charge on any atom is 0.0806 e. The lowest BCUT2D eigenvalue weighted by Gasteiger charge is -2.41. The third kappa shape index (κ3) is 5.56. The molecule has 0 aromatic carbocycles. The van der Waals surface area contributed by atoms with E-state index in [4.69, 9.17) is 4.74 Å². The summed E-state index contributed by atoms with van der Waals surface area (Å²) in [7, 11) is 0. The number of ether oxygens (including phenoxy) is 1. The van der Waals surface area contributed by atoms with Gasteiger partial charge in [0.1, 0.15) is 0 Å². The highest BCUT2D eigenvalue weighted by Gasteiger charge is 2.35. The van der Waals surface area contributed by atoms with Crippen LogP contribution in [0.4, 0.5) is 0 Å². The highest BCUT2D eigenvalue weighted by molar-refractivity contribution is 4.89. The molecule has 0 amide bonds. The first-order valence-corrected chi connectivity index (χ1v) is 9.62. The molecule has 124 valence electrons. The van der Waals surface area contributed by atoms with E-state index in [1.807, 2.05) is 0 Å². The fourth-order valence-electron chi connectivity index (χ4n) is 3.99. The molecule has 2 rings (SSSR count). The fourth-order valence-corrected chi connectivity index (χ4v) is 3.99. The van der Waals surface area contributed by atoms with Crippen molar-refractivity contribution in [2.75, 3.05) is 19.7 Å². The van der Waals surface area contributed by atoms with Gasteiger partial charge in [-0.3, -0.25) is 0 Å². The minimum Gasteiger partial charge on any atom is -0.374 e. The first kappa shape index (κ1) is 17.3. The Labute approximate surface area is 132 Å². The summed E-state index contributed by atoms with van der Waals surface area (Å²) < 4.78 is 6.49. The van der Waals surface area contributed by atoms with Crippen LogP contribution in [0.15, 0.2) is 0 Å². The van der Waals surface area contributed by atoms with E-state index in [9.17, 15) is 0 Å². The van der Waals surface area contributed by atoms with Gasteiger partial charge in [0.05, 0.1) is 5.60 Å². The van der Waals surface area contributed by atoms with Crippen LogP contribution in [0.25, 0.3) is 0 Å². The molecule has 2 fully saturated rings. The first-order chi connectivity index (χ1) is 10.3. The molecule has 2 heteroatoms. The van der Waals surface area contributed by atoms with Crippen LogP contribution in [-0.4, -0.2) is 25.3 Å². The van der Waals surface area contributed by atoms with Crippen molar-refractivity contribution in [2.45, 2.75) is 90.1 Å². The number of rotatable bonds is 10. The molecule has 0 aromatic heterocycles. The zero-order chi connectivity index (χ0) is 15.0. The summed E-state index contributed by atoms with van der Waals surface area (Å²) in [5.41, 5.74) is 0.156. The molecule has 2 saturated carbocycles. The maximum atomic E-state index is 6.49. The van der Waals surface area contributed by atoms with Crippen LogP contribution >= 0.6 is 0 Å². The molecule has 0 aromatic rings. The Bertz CT molecular complexity index is 267. The molecule has 1 N–H and O–H groups in total. The van der Waals surface area contributed by atoms with Gasteiger partial charge in [-0.2, -0.15) is 0 Å². The summed E-state index contributed by atoms with van der Waals surface area (Å²) in [5.74, 6) is 1.94. The second-order valence-electron chi connectivity index (χ2n) is 7.53. The molecule has 0 aliphatic heterocycles. The SMILES string of the molecule is CCCNCC1(OCCC2CCC2)CCC(CCC)CC1. The molecule has 2 aliphatic rings. The van der Waals surface area contributed by atoms with E-state index in [2.05, 4.69) is 19.2 Å². The summed E-state index contributed by atoms with van der Waals surface area (Å²) in [5, 5.41) is 3.63. The molecule has 0 unspecified atom stereocenters. The van der Waals surface area contributed by atoms with Crippen LogP contribution in [0.3, 0.4) is 0 Å². The minimum absolute atomic E-state index is 0.156. The summed E-state index contributed by atoms with van der Waals surface area (Å²) in [6.07, 6.45) is 14.9. The van der Waals surface area contributed by atoms with Crippen LogP contribution in [0.1, 0.15) is 84.5 Å². The number of hydrogen-bond donors (Lipinski definition) is 1. The lowest BCUT2D eigenvalue weighted by atomic mass is 9.76. The van der Waals surface area contributed by atoms with E-state index in [-0.39, 0.29) is 5.60 Å². The van der Waals surface area contributed by atoms with Crippen LogP contribution in [0.5, 0.6) is 0 Å². The minimum atomic E-state index is 0.156. The van der Waals surface area contributed by atoms with Gasteiger partial charge in [-0.15, -0.1) is 0 Å². The molecule has 0 heterocycles. The maximum absolute atomic E-state index is 6.49. The van der Waals surface area contributed by atoms with Crippen LogP contribution < -0.4 is 5.32 Å². The van der Waals surface area contributed by atoms with Crippen molar-refractivity contribution in [3.8, 4) is 0 Å². The van der Waals surface area contributed by atoms with Gasteiger partial charge < -0.3 is 10.1 Å². The Morgan fingerprint density at radius 1 is 0.952 bits per heavy atom. The molecular weight excluding hydrogens is 258 g/mol. The second kappa shape index (κ2) is 9.15. The van der Waals surface area contributed by atoms with Crippen LogP contribution in [0.2, 0.25) is 0 Å². The quantitative estimate of drug-likeness (QED) is 0.577. The molecule has 0 saturated heterocycles. The van der Waals surface area contributed by atoms with Gasteiger partial charge >= 0.3 is 0 Å². The predicted octanol–water partition coefficient (Wildman–Crippen LogP) is 4.92. The van der Waals surface area contributed by atoms with Gasteiger partial charge in [0.2, 0.25) is 0 Å². The van der Waals surface area contributed by atoms with Gasteiger partial charge in [-0.1, -0.05) is 46.0 Å². The van der Waals surface area contributed by atoms with Crippen molar-refractivity contribution < 1.29 is 4.74 Å². The molecular formula is C19H37NO. The molecule has 2 aliphatic carbocycles. The number of hydrogen-bond acceptors (Lipinski definition) is 2. The van der Waals surface area contributed by atoms with Gasteiger partial charge in [0.25, 0.3) is 0 Å². The van der Waals surface area contributed by atoms with Crippen molar-refractivity contribution in [1.82, 2.24) is 5.32 Å². The molecule has 0 radical (unpaired) electrons. The van der Waals surface area contributed by atoms with E-state index in [0.717, 1.165) is 31.5 Å². The lowest BCUT2D eigenvalue weighted by Crippen LogP contribution is -2.46. The first-order valence-electron chi connectivity index (χ1n) is 9.62. The van der Waals surface area contributed by atoms with E-state index < -0.39 is 0 Å². The van der Waals surface area contributed by atoms with Crippen molar-refractivity contribution in [2.24, 2.45) is 11.8 Å². The Balaban J connectivity index is 1.76. The van der Waals surface area contributed by atoms with Gasteiger partial charge in [-0.05, 0) is 56.9 Å². The predicted molar refractivity (Wildman–Crippen MR) is 90.7 cm³/mol. The van der Waals surface area contributed by atoms with Crippen molar-refractivity contribution in [3.63, 3.8) is 0 Å². The van der Waals surface area contributed by atoms with Gasteiger partial charge in [0.15, 0.2) is 0 Å². The topological polar surface area (TPSA) is 21.3 Å². The Morgan fingerprint density at radius 3 is 2.24 bits per heavy atom. The van der Waals surface area contributed by atoms with Gasteiger partial charge in [-0.25, -0.2) is 0 Å². The average molecular weight is 296 g/mol. The van der Waals surface area contributed by atoms with E-state index >= 15 is 0 Å². The monoisotopic (exact) mass is 295 g/mol. The average Bonchev–Trinajstić information content (AvgIpc) is 2.45. The van der Waals surface area contributed by atoms with E-state index in [0.29, 0.717) is 0 Å². The second-order valence-corrected chi connectivity index (χ2v) is 7.53. The normalized spacial score (nSPS) is 30.3. The summed E-state index contributed by atoms with van der Waals surface area (Å²) in [4.78, 5) is 0. The zero-order valence-corrected chi connectivity index (χ0v) is 14.5. The third-order valence-corrected chi connectivity index (χ3v) is 5.75. The van der Waals surface area contributed by atoms with Crippen molar-refractivity contribution in [3.05, 3.63) is 0 Å². The zero-order valence-electron chi connectivity index (χ0n) is 14.5. The Hall–Kier alpha value is -0.0800. The van der Waals surface area contributed by atoms with Crippen molar-refractivity contribution >= 4 is 0 Å². The smallest absolute Gasteiger partial charge is 0.0806 e. The summed E-state index contributed by atoms with van der Waals surface area (Å²) >= 11 is 0. The fraction of sp³-hybridized carbons (Fsp3) is 1.00. The molecule has 21 heavy (non-hydrogen) atoms. The van der Waals surface area contributed by atoms with Crippen LogP contribution in [-0.2, 0) is 4.74 Å². The lowest BCUT2D eigenvalue weighted by molar-refractivity contribution is -0.0825. The highest BCUT2D eigenvalue weighted by Crippen LogP contribution is 2.37. The summed E-state index contributed by atoms with van der Waals surface area (Å²) in [6, 6.07) is 0. The molecule has 0 spiro atoms. The Kier molecular flexibility index (Phi) is 7.53. The summed E-state index contributed by atoms with van der Waals surface area (Å²) in [6.45, 7) is 7.77. The van der Waals surface area contributed by atoms with Gasteiger partial charge in [0, 0.05) is 13.2 Å². The highest BCUT2D eigenvalue weighted by atomic mass is 16.5. The number of nitrogens with one attached hydrogen (secondary N) is 1. The van der Waals surface area contributed by atoms with E-state index in [1.165, 1.54) is 70.6 Å². The largest absolute Gasteiger partial charge is 0.374 e. The van der Waals surface area contributed by atoms with E-state index in [1.54, 1.807) is 0 Å².